The molecule has 5 rings (SSSR count). The number of ether oxygens (including phenoxy) is 1. The number of anilines is 3. The van der Waals surface area contributed by atoms with E-state index in [-0.39, 0.29) is 18.2 Å². The summed E-state index contributed by atoms with van der Waals surface area (Å²) in [5.41, 5.74) is 4.97. The van der Waals surface area contributed by atoms with Gasteiger partial charge in [0.15, 0.2) is 0 Å². The number of halogens is 2. The monoisotopic (exact) mass is 449 g/mol. The number of amides is 1. The van der Waals surface area contributed by atoms with Crippen molar-refractivity contribution >= 4 is 34.0 Å². The van der Waals surface area contributed by atoms with E-state index in [1.54, 1.807) is 29.1 Å². The molecule has 168 valence electrons. The lowest BCUT2D eigenvalue weighted by Crippen LogP contribution is -2.18. The topological polar surface area (TPSA) is 81.1 Å². The van der Waals surface area contributed by atoms with E-state index in [1.165, 1.54) is 6.07 Å². The number of pyridine rings is 1. The standard InChI is InChI=1S/C24H21F2N5O2/c1-14-18-12-27-22(28-17-7-8-19-15(10-17)6-9-23(32)29-19)11-20(18)31(30-14)13-16-4-2-3-5-21(16)33-24(25)26/h2-5,7-8,10-12,24H,6,9,13H2,1H3,(H,27,28)(H,29,32). The van der Waals surface area contributed by atoms with Crippen LogP contribution in [-0.2, 0) is 17.8 Å². The highest BCUT2D eigenvalue weighted by molar-refractivity contribution is 5.94. The molecule has 2 aromatic heterocycles. The van der Waals surface area contributed by atoms with E-state index in [4.69, 9.17) is 0 Å². The number of aromatic nitrogens is 3. The minimum absolute atomic E-state index is 0.0273. The van der Waals surface area contributed by atoms with Crippen molar-refractivity contribution in [3.05, 3.63) is 71.5 Å². The Kier molecular flexibility index (Phi) is 5.37. The molecular formula is C24H21F2N5O2. The van der Waals surface area contributed by atoms with Gasteiger partial charge in [-0.05, 0) is 43.2 Å². The van der Waals surface area contributed by atoms with Crippen molar-refractivity contribution < 1.29 is 18.3 Å². The fraction of sp³-hybridized carbons (Fsp3) is 0.208. The summed E-state index contributed by atoms with van der Waals surface area (Å²) in [6.45, 7) is -0.741. The summed E-state index contributed by atoms with van der Waals surface area (Å²) in [5, 5.41) is 11.6. The Balaban J connectivity index is 1.44. The van der Waals surface area contributed by atoms with Crippen LogP contribution in [0.1, 0.15) is 23.2 Å². The minimum atomic E-state index is -2.90. The summed E-state index contributed by atoms with van der Waals surface area (Å²) >= 11 is 0. The minimum Gasteiger partial charge on any atom is -0.434 e. The lowest BCUT2D eigenvalue weighted by Gasteiger charge is -2.18. The van der Waals surface area contributed by atoms with Crippen LogP contribution in [0.5, 0.6) is 5.75 Å². The zero-order valence-electron chi connectivity index (χ0n) is 17.8. The van der Waals surface area contributed by atoms with Crippen LogP contribution in [0.2, 0.25) is 0 Å². The highest BCUT2D eigenvalue weighted by Crippen LogP contribution is 2.29. The molecule has 4 aromatic rings. The summed E-state index contributed by atoms with van der Waals surface area (Å²) in [6.07, 6.45) is 2.90. The van der Waals surface area contributed by atoms with Gasteiger partial charge in [-0.1, -0.05) is 18.2 Å². The Morgan fingerprint density at radius 3 is 2.88 bits per heavy atom. The van der Waals surface area contributed by atoms with E-state index in [9.17, 15) is 13.6 Å². The van der Waals surface area contributed by atoms with Crippen molar-refractivity contribution in [3.63, 3.8) is 0 Å². The molecule has 0 aliphatic carbocycles. The number of hydrogen-bond donors (Lipinski definition) is 2. The fourth-order valence-corrected chi connectivity index (χ4v) is 4.03. The molecule has 2 aromatic carbocycles. The van der Waals surface area contributed by atoms with E-state index in [2.05, 4.69) is 25.5 Å². The van der Waals surface area contributed by atoms with E-state index < -0.39 is 6.61 Å². The molecule has 1 amide bonds. The van der Waals surface area contributed by atoms with Gasteiger partial charge in [0.2, 0.25) is 5.91 Å². The molecule has 0 atom stereocenters. The highest BCUT2D eigenvalue weighted by Gasteiger charge is 2.16. The molecule has 7 nitrogen and oxygen atoms in total. The van der Waals surface area contributed by atoms with Crippen LogP contribution in [-0.4, -0.2) is 27.3 Å². The lowest BCUT2D eigenvalue weighted by atomic mass is 10.0. The third kappa shape index (κ3) is 4.34. The normalized spacial score (nSPS) is 13.2. The number of benzene rings is 2. The van der Waals surface area contributed by atoms with Crippen molar-refractivity contribution in [2.24, 2.45) is 0 Å². The first-order chi connectivity index (χ1) is 16.0. The fourth-order valence-electron chi connectivity index (χ4n) is 4.03. The summed E-state index contributed by atoms with van der Waals surface area (Å²) in [6, 6.07) is 14.3. The third-order valence-corrected chi connectivity index (χ3v) is 5.60. The lowest BCUT2D eigenvalue weighted by molar-refractivity contribution is -0.116. The molecule has 0 radical (unpaired) electrons. The van der Waals surface area contributed by atoms with Gasteiger partial charge < -0.3 is 15.4 Å². The Labute approximate surface area is 188 Å². The van der Waals surface area contributed by atoms with Crippen LogP contribution in [0.25, 0.3) is 10.9 Å². The van der Waals surface area contributed by atoms with Gasteiger partial charge in [0.25, 0.3) is 0 Å². The van der Waals surface area contributed by atoms with Gasteiger partial charge in [0.1, 0.15) is 11.6 Å². The van der Waals surface area contributed by atoms with Gasteiger partial charge >= 0.3 is 6.61 Å². The van der Waals surface area contributed by atoms with Crippen molar-refractivity contribution in [1.29, 1.82) is 0 Å². The zero-order chi connectivity index (χ0) is 22.9. The number of nitrogens with one attached hydrogen (secondary N) is 2. The van der Waals surface area contributed by atoms with Crippen LogP contribution in [0, 0.1) is 6.92 Å². The number of alkyl halides is 2. The molecule has 0 bridgehead atoms. The van der Waals surface area contributed by atoms with Crippen molar-refractivity contribution in [2.45, 2.75) is 32.9 Å². The first kappa shape index (κ1) is 20.9. The number of carbonyl (C=O) groups excluding carboxylic acids is 1. The number of rotatable bonds is 6. The summed E-state index contributed by atoms with van der Waals surface area (Å²) in [5.74, 6) is 0.780. The summed E-state index contributed by atoms with van der Waals surface area (Å²) < 4.78 is 32.0. The van der Waals surface area contributed by atoms with Crippen molar-refractivity contribution in [3.8, 4) is 5.75 Å². The summed E-state index contributed by atoms with van der Waals surface area (Å²) in [4.78, 5) is 16.1. The average molecular weight is 449 g/mol. The maximum Gasteiger partial charge on any atom is 0.387 e. The largest absolute Gasteiger partial charge is 0.434 e. The number of carbonyl (C=O) groups is 1. The van der Waals surface area contributed by atoms with E-state index in [0.717, 1.165) is 33.5 Å². The first-order valence-corrected chi connectivity index (χ1v) is 10.5. The Hall–Kier alpha value is -4.01. The molecule has 33 heavy (non-hydrogen) atoms. The molecule has 0 saturated carbocycles. The molecule has 1 aliphatic heterocycles. The van der Waals surface area contributed by atoms with E-state index in [1.807, 2.05) is 31.2 Å². The maximum atomic E-state index is 12.8. The van der Waals surface area contributed by atoms with Gasteiger partial charge in [-0.25, -0.2) is 4.98 Å². The first-order valence-electron chi connectivity index (χ1n) is 10.5. The Morgan fingerprint density at radius 1 is 1.18 bits per heavy atom. The Morgan fingerprint density at radius 2 is 2.03 bits per heavy atom. The van der Waals surface area contributed by atoms with Crippen LogP contribution in [0.4, 0.5) is 26.0 Å². The van der Waals surface area contributed by atoms with Gasteiger partial charge in [0, 0.05) is 41.0 Å². The van der Waals surface area contributed by atoms with Crippen molar-refractivity contribution in [2.75, 3.05) is 10.6 Å². The molecule has 1 aliphatic rings. The number of hydrogen-bond acceptors (Lipinski definition) is 5. The van der Waals surface area contributed by atoms with Crippen LogP contribution in [0.15, 0.2) is 54.7 Å². The predicted octanol–water partition coefficient (Wildman–Crippen LogP) is 5.02. The van der Waals surface area contributed by atoms with Gasteiger partial charge in [-0.15, -0.1) is 0 Å². The summed E-state index contributed by atoms with van der Waals surface area (Å²) in [7, 11) is 0. The highest BCUT2D eigenvalue weighted by atomic mass is 19.3. The molecule has 0 saturated heterocycles. The van der Waals surface area contributed by atoms with Crippen LogP contribution in [0.3, 0.4) is 0 Å². The zero-order valence-corrected chi connectivity index (χ0v) is 17.8. The third-order valence-electron chi connectivity index (χ3n) is 5.60. The molecule has 0 fully saturated rings. The van der Waals surface area contributed by atoms with Crippen LogP contribution >= 0.6 is 0 Å². The number of nitrogens with zero attached hydrogens (tertiary/aromatic N) is 3. The quantitative estimate of drug-likeness (QED) is 0.432. The van der Waals surface area contributed by atoms with Gasteiger partial charge in [-0.2, -0.15) is 13.9 Å². The molecule has 9 heteroatoms. The Bertz CT molecular complexity index is 1350. The molecule has 0 unspecified atom stereocenters. The predicted molar refractivity (Wildman–Crippen MR) is 121 cm³/mol. The van der Waals surface area contributed by atoms with Crippen molar-refractivity contribution in [1.82, 2.24) is 14.8 Å². The maximum absolute atomic E-state index is 12.8. The van der Waals surface area contributed by atoms with Gasteiger partial charge in [0.05, 0.1) is 17.8 Å². The second-order valence-electron chi connectivity index (χ2n) is 7.86. The van der Waals surface area contributed by atoms with Crippen LogP contribution < -0.4 is 15.4 Å². The molecule has 0 spiro atoms. The molecule has 3 heterocycles. The van der Waals surface area contributed by atoms with Gasteiger partial charge in [-0.3, -0.25) is 9.48 Å². The SMILES string of the molecule is Cc1nn(Cc2ccccc2OC(F)F)c2cc(Nc3ccc4c(c3)CCC(=O)N4)ncc12. The average Bonchev–Trinajstić information content (AvgIpc) is 3.09. The smallest absolute Gasteiger partial charge is 0.387 e. The van der Waals surface area contributed by atoms with E-state index in [0.29, 0.717) is 24.2 Å². The number of para-hydroxylation sites is 1. The number of fused-ring (bicyclic) bond motifs is 2. The second kappa shape index (κ2) is 8.50. The molecular weight excluding hydrogens is 428 g/mol. The van der Waals surface area contributed by atoms with E-state index >= 15 is 0 Å². The number of aryl methyl sites for hydroxylation is 2. The molecule has 2 N–H and O–H groups in total. The second-order valence-corrected chi connectivity index (χ2v) is 7.86.